The number of hydrogen-bond donors (Lipinski definition) is 0. The normalized spacial score (nSPS) is 11.9. The monoisotopic (exact) mass is 403 g/mol. The van der Waals surface area contributed by atoms with Crippen LogP contribution in [0.25, 0.3) is 21.9 Å². The van der Waals surface area contributed by atoms with Crippen LogP contribution in [0.4, 0.5) is 0 Å². The lowest BCUT2D eigenvalue weighted by Crippen LogP contribution is -2.36. The molecule has 3 rings (SSSR count). The smallest absolute Gasteiger partial charge is 0.322 e. The lowest BCUT2D eigenvalue weighted by molar-refractivity contribution is -0.156. The Balaban J connectivity index is 2.10. The summed E-state index contributed by atoms with van der Waals surface area (Å²) in [5, 5.41) is 11.4. The second-order valence-electron chi connectivity index (χ2n) is 8.46. The summed E-state index contributed by atoms with van der Waals surface area (Å²) in [6, 6.07) is 22.1. The van der Waals surface area contributed by atoms with Crippen LogP contribution >= 0.6 is 11.8 Å². The highest BCUT2D eigenvalue weighted by molar-refractivity contribution is 8.01. The third kappa shape index (κ3) is 4.81. The molecule has 0 N–H and O–H groups in total. The fraction of sp³-hybridized carbons (Fsp3) is 0.280. The maximum absolute atomic E-state index is 12.8. The van der Waals surface area contributed by atoms with Gasteiger partial charge in [0.2, 0.25) is 0 Å². The third-order valence-corrected chi connectivity index (χ3v) is 5.69. The predicted octanol–water partition coefficient (Wildman–Crippen LogP) is 6.59. The predicted molar refractivity (Wildman–Crippen MR) is 120 cm³/mol. The van der Waals surface area contributed by atoms with E-state index < -0.39 is 10.3 Å². The number of nitriles is 1. The summed E-state index contributed by atoms with van der Waals surface area (Å²) in [4.78, 5) is 13.8. The zero-order valence-corrected chi connectivity index (χ0v) is 18.3. The van der Waals surface area contributed by atoms with Gasteiger partial charge in [-0.25, -0.2) is 0 Å². The van der Waals surface area contributed by atoms with Crippen LogP contribution in [0, 0.1) is 11.3 Å². The summed E-state index contributed by atoms with van der Waals surface area (Å²) in [5.74, 6) is -0.242. The summed E-state index contributed by atoms with van der Waals surface area (Å²) in [5.41, 5.74) is 2.17. The van der Waals surface area contributed by atoms with Crippen LogP contribution in [0.2, 0.25) is 0 Å². The van der Waals surface area contributed by atoms with E-state index >= 15 is 0 Å². The molecule has 0 unspecified atom stereocenters. The number of carbonyl (C=O) groups is 1. The van der Waals surface area contributed by atoms with E-state index in [0.717, 1.165) is 26.8 Å². The van der Waals surface area contributed by atoms with Gasteiger partial charge in [0, 0.05) is 10.5 Å². The number of rotatable bonds is 4. The molecule has 0 saturated carbocycles. The molecule has 29 heavy (non-hydrogen) atoms. The van der Waals surface area contributed by atoms with E-state index in [1.807, 2.05) is 71.0 Å². The zero-order chi connectivity index (χ0) is 21.2. The maximum Gasteiger partial charge on any atom is 0.322 e. The summed E-state index contributed by atoms with van der Waals surface area (Å²) in [7, 11) is 0. The molecule has 0 spiro atoms. The largest absolute Gasteiger partial charge is 0.459 e. The second-order valence-corrected chi connectivity index (χ2v) is 10.1. The molecule has 0 saturated heterocycles. The van der Waals surface area contributed by atoms with Crippen molar-refractivity contribution >= 4 is 28.5 Å². The van der Waals surface area contributed by atoms with Gasteiger partial charge in [-0.3, -0.25) is 4.79 Å². The van der Waals surface area contributed by atoms with E-state index in [-0.39, 0.29) is 5.97 Å². The Bertz CT molecular complexity index is 1090. The molecule has 0 aromatic heterocycles. The van der Waals surface area contributed by atoms with Crippen LogP contribution in [-0.2, 0) is 9.53 Å². The van der Waals surface area contributed by atoms with E-state index in [1.54, 1.807) is 0 Å². The number of fused-ring (bicyclic) bond motifs is 1. The van der Waals surface area contributed by atoms with Crippen molar-refractivity contribution in [1.29, 1.82) is 5.26 Å². The van der Waals surface area contributed by atoms with Gasteiger partial charge in [-0.15, -0.1) is 11.8 Å². The molecule has 148 valence electrons. The average Bonchev–Trinajstić information content (AvgIpc) is 2.66. The number of carbonyl (C=O) groups excluding carboxylic acids is 1. The van der Waals surface area contributed by atoms with E-state index in [2.05, 4.69) is 30.3 Å². The maximum atomic E-state index is 12.8. The van der Waals surface area contributed by atoms with Gasteiger partial charge >= 0.3 is 5.97 Å². The number of ether oxygens (including phenoxy) is 1. The molecule has 0 aliphatic heterocycles. The average molecular weight is 404 g/mol. The summed E-state index contributed by atoms with van der Waals surface area (Å²) >= 11 is 1.50. The van der Waals surface area contributed by atoms with E-state index in [1.165, 1.54) is 11.8 Å². The van der Waals surface area contributed by atoms with E-state index in [9.17, 15) is 4.79 Å². The minimum atomic E-state index is -0.753. The Kier molecular flexibility index (Phi) is 5.73. The Hall–Kier alpha value is -2.77. The number of nitrogens with zero attached hydrogens (tertiary/aromatic N) is 1. The van der Waals surface area contributed by atoms with Crippen LogP contribution in [-0.4, -0.2) is 16.3 Å². The first-order chi connectivity index (χ1) is 13.6. The Morgan fingerprint density at radius 3 is 2.21 bits per heavy atom. The first-order valence-corrected chi connectivity index (χ1v) is 10.4. The van der Waals surface area contributed by atoms with E-state index in [0.29, 0.717) is 5.56 Å². The van der Waals surface area contributed by atoms with Crippen molar-refractivity contribution in [1.82, 2.24) is 0 Å². The van der Waals surface area contributed by atoms with Crippen molar-refractivity contribution in [3.8, 4) is 17.2 Å². The van der Waals surface area contributed by atoms with Gasteiger partial charge in [-0.05, 0) is 69.2 Å². The quantitative estimate of drug-likeness (QED) is 0.364. The minimum Gasteiger partial charge on any atom is -0.459 e. The molecule has 0 atom stereocenters. The first kappa shape index (κ1) is 21.0. The van der Waals surface area contributed by atoms with Gasteiger partial charge in [0.1, 0.15) is 10.3 Å². The molecule has 0 heterocycles. The van der Waals surface area contributed by atoms with Crippen molar-refractivity contribution in [2.24, 2.45) is 0 Å². The molecule has 4 heteroatoms. The molecule has 0 amide bonds. The van der Waals surface area contributed by atoms with Gasteiger partial charge in [0.15, 0.2) is 0 Å². The molecule has 3 aromatic rings. The van der Waals surface area contributed by atoms with Crippen LogP contribution in [0.15, 0.2) is 65.6 Å². The summed E-state index contributed by atoms with van der Waals surface area (Å²) < 4.78 is 4.89. The zero-order valence-electron chi connectivity index (χ0n) is 17.4. The molecule has 3 aromatic carbocycles. The van der Waals surface area contributed by atoms with Gasteiger partial charge < -0.3 is 4.74 Å². The summed E-state index contributed by atoms with van der Waals surface area (Å²) in [6.07, 6.45) is 0. The lowest BCUT2D eigenvalue weighted by atomic mass is 9.97. The Morgan fingerprint density at radius 1 is 0.931 bits per heavy atom. The number of benzene rings is 3. The SMILES string of the molecule is CC(C)(C)OC(=O)C(C)(C)Sc1ccc2ccccc2c1-c1ccc(C#N)cc1. The fourth-order valence-corrected chi connectivity index (χ4v) is 4.20. The molecular formula is C25H25NO2S. The lowest BCUT2D eigenvalue weighted by Gasteiger charge is -2.29. The highest BCUT2D eigenvalue weighted by Gasteiger charge is 2.34. The van der Waals surface area contributed by atoms with Crippen molar-refractivity contribution in [3.63, 3.8) is 0 Å². The molecule has 0 fully saturated rings. The van der Waals surface area contributed by atoms with Gasteiger partial charge in [-0.2, -0.15) is 5.26 Å². The highest BCUT2D eigenvalue weighted by atomic mass is 32.2. The first-order valence-electron chi connectivity index (χ1n) is 9.55. The van der Waals surface area contributed by atoms with Gasteiger partial charge in [0.25, 0.3) is 0 Å². The Labute approximate surface area is 176 Å². The molecule has 0 radical (unpaired) electrons. The van der Waals surface area contributed by atoms with Crippen molar-refractivity contribution in [2.45, 2.75) is 49.9 Å². The molecule has 0 bridgehead atoms. The summed E-state index contributed by atoms with van der Waals surface area (Å²) in [6.45, 7) is 9.42. The number of thioether (sulfide) groups is 1. The third-order valence-electron chi connectivity index (χ3n) is 4.45. The number of esters is 1. The topological polar surface area (TPSA) is 50.1 Å². The molecule has 0 aliphatic carbocycles. The van der Waals surface area contributed by atoms with Crippen LogP contribution in [0.5, 0.6) is 0 Å². The standard InChI is InChI=1S/C25H25NO2S/c1-24(2,3)28-23(27)25(4,5)29-21-15-14-18-8-6-7-9-20(18)22(21)19-12-10-17(16-26)11-13-19/h6-15H,1-5H3. The van der Waals surface area contributed by atoms with Gasteiger partial charge in [-0.1, -0.05) is 42.5 Å². The highest BCUT2D eigenvalue weighted by Crippen LogP contribution is 2.43. The van der Waals surface area contributed by atoms with Gasteiger partial charge in [0.05, 0.1) is 11.6 Å². The van der Waals surface area contributed by atoms with E-state index in [4.69, 9.17) is 10.00 Å². The molecular weight excluding hydrogens is 378 g/mol. The van der Waals surface area contributed by atoms with Crippen LogP contribution in [0.3, 0.4) is 0 Å². The van der Waals surface area contributed by atoms with Crippen LogP contribution in [0.1, 0.15) is 40.2 Å². The molecule has 0 aliphatic rings. The minimum absolute atomic E-state index is 0.242. The van der Waals surface area contributed by atoms with Crippen LogP contribution < -0.4 is 0 Å². The van der Waals surface area contributed by atoms with Crippen molar-refractivity contribution < 1.29 is 9.53 Å². The second kappa shape index (κ2) is 7.93. The van der Waals surface area contributed by atoms with Crippen molar-refractivity contribution in [2.75, 3.05) is 0 Å². The molecule has 3 nitrogen and oxygen atoms in total. The fourth-order valence-electron chi connectivity index (χ4n) is 3.06. The van der Waals surface area contributed by atoms with Crippen molar-refractivity contribution in [3.05, 3.63) is 66.2 Å². The number of hydrogen-bond acceptors (Lipinski definition) is 4. The Morgan fingerprint density at radius 2 is 1.59 bits per heavy atom.